The van der Waals surface area contributed by atoms with E-state index in [0.717, 1.165) is 6.42 Å². The molecule has 1 aliphatic rings. The Balaban J connectivity index is 1.76. The number of nitrogens with zero attached hydrogens (tertiary/aromatic N) is 4. The molecule has 0 aliphatic carbocycles. The van der Waals surface area contributed by atoms with Crippen molar-refractivity contribution in [1.82, 2.24) is 18.8 Å². The number of aryl methyl sites for hydroxylation is 2. The maximum absolute atomic E-state index is 13.7. The molecule has 1 saturated heterocycles. The fourth-order valence-electron chi connectivity index (χ4n) is 5.72. The van der Waals surface area contributed by atoms with E-state index in [2.05, 4.69) is 9.82 Å². The van der Waals surface area contributed by atoms with Crippen molar-refractivity contribution in [3.8, 4) is 17.1 Å². The first-order valence-electron chi connectivity index (χ1n) is 14.7. The molecule has 0 spiro atoms. The van der Waals surface area contributed by atoms with Gasteiger partial charge in [0.05, 0.1) is 29.4 Å². The molecule has 0 amide bonds. The lowest BCUT2D eigenvalue weighted by atomic mass is 9.95. The van der Waals surface area contributed by atoms with E-state index in [1.165, 1.54) is 23.4 Å². The lowest BCUT2D eigenvalue weighted by Crippen LogP contribution is -2.38. The van der Waals surface area contributed by atoms with Gasteiger partial charge in [-0.3, -0.25) is 9.59 Å². The first-order chi connectivity index (χ1) is 20.5. The largest absolute Gasteiger partial charge is 0.493 e. The molecule has 14 heteroatoms. The number of Topliss-reactive ketones (excluding diaryl/α,β-unsaturated/α-hetero) is 1. The number of piperidine rings is 1. The highest BCUT2D eigenvalue weighted by Crippen LogP contribution is 2.34. The van der Waals surface area contributed by atoms with Crippen LogP contribution in [0.5, 0.6) is 5.75 Å². The summed E-state index contributed by atoms with van der Waals surface area (Å²) in [6.07, 6.45) is 3.61. The van der Waals surface area contributed by atoms with Gasteiger partial charge in [-0.15, -0.1) is 10.1 Å². The van der Waals surface area contributed by atoms with Gasteiger partial charge in [0.2, 0.25) is 10.0 Å². The highest BCUT2D eigenvalue weighted by molar-refractivity contribution is 7.89. The van der Waals surface area contributed by atoms with Crippen LogP contribution in [0.2, 0.25) is 0 Å². The normalized spacial score (nSPS) is 14.7. The number of ether oxygens (including phenoxy) is 1. The van der Waals surface area contributed by atoms with Crippen LogP contribution in [-0.4, -0.2) is 64.4 Å². The number of hydrogen-bond donors (Lipinski definition) is 1. The molecule has 0 unspecified atom stereocenters. The summed E-state index contributed by atoms with van der Waals surface area (Å²) in [5, 5.41) is 9.61. The maximum atomic E-state index is 13.7. The Morgan fingerprint density at radius 2 is 1.88 bits per heavy atom. The van der Waals surface area contributed by atoms with Gasteiger partial charge in [-0.05, 0) is 63.1 Å². The average molecular weight is 618 g/mol. The molecule has 0 atom stereocenters. The summed E-state index contributed by atoms with van der Waals surface area (Å²) >= 11 is 0. The summed E-state index contributed by atoms with van der Waals surface area (Å²) in [7, 11) is -3.90. The summed E-state index contributed by atoms with van der Waals surface area (Å²) in [6.45, 7) is 8.60. The van der Waals surface area contributed by atoms with Gasteiger partial charge in [0.25, 0.3) is 10.6 Å². The quantitative estimate of drug-likeness (QED) is 0.157. The minimum Gasteiger partial charge on any atom is -0.493 e. The Bertz CT molecular complexity index is 1660. The molecule has 0 radical (unpaired) electrons. The number of sulfonamides is 1. The standard InChI is InChI=1S/C29H39N5O8S/c1-5-8-22-25-27(33(7-3)26(22)19(4)35)29(36)31-28(30-25)23-18-21(9-10-24(23)41-16-6-2)43(39,40)32-14-11-20(12-15-32)13-17-42-34(37)38/h9-10,18,20H,5-8,11-17H2,1-4H3,(H,30,31,36). The number of carbonyl (C=O) groups is 1. The van der Waals surface area contributed by atoms with Crippen LogP contribution in [0.3, 0.4) is 0 Å². The molecule has 0 bridgehead atoms. The number of carbonyl (C=O) groups excluding carboxylic acids is 1. The fraction of sp³-hybridized carbons (Fsp3) is 0.552. The van der Waals surface area contributed by atoms with Crippen LogP contribution in [0.15, 0.2) is 27.9 Å². The Hall–Kier alpha value is -3.78. The van der Waals surface area contributed by atoms with E-state index in [4.69, 9.17) is 9.72 Å². The predicted molar refractivity (Wildman–Crippen MR) is 160 cm³/mol. The molecule has 13 nitrogen and oxygen atoms in total. The second-order valence-corrected chi connectivity index (χ2v) is 12.6. The minimum atomic E-state index is -3.90. The van der Waals surface area contributed by atoms with Crippen LogP contribution in [0.4, 0.5) is 0 Å². The van der Waals surface area contributed by atoms with Gasteiger partial charge in [-0.25, -0.2) is 13.4 Å². The van der Waals surface area contributed by atoms with Crippen LogP contribution in [-0.2, 0) is 27.8 Å². The lowest BCUT2D eigenvalue weighted by molar-refractivity contribution is -0.758. The van der Waals surface area contributed by atoms with Crippen LogP contribution in [0.25, 0.3) is 22.4 Å². The van der Waals surface area contributed by atoms with Gasteiger partial charge in [-0.1, -0.05) is 20.3 Å². The van der Waals surface area contributed by atoms with Crippen molar-refractivity contribution in [2.45, 2.75) is 77.7 Å². The molecule has 1 N–H and O–H groups in total. The molecule has 4 rings (SSSR count). The Morgan fingerprint density at radius 3 is 2.49 bits per heavy atom. The van der Waals surface area contributed by atoms with Crippen molar-refractivity contribution in [3.05, 3.63) is 49.9 Å². The van der Waals surface area contributed by atoms with Crippen molar-refractivity contribution >= 4 is 26.8 Å². The highest BCUT2D eigenvalue weighted by atomic mass is 32.2. The van der Waals surface area contributed by atoms with Gasteiger partial charge in [0, 0.05) is 32.1 Å². The number of ketones is 1. The minimum absolute atomic E-state index is 0.0158. The summed E-state index contributed by atoms with van der Waals surface area (Å²) in [4.78, 5) is 48.7. The fourth-order valence-corrected chi connectivity index (χ4v) is 7.22. The second-order valence-electron chi connectivity index (χ2n) is 10.7. The lowest BCUT2D eigenvalue weighted by Gasteiger charge is -2.31. The first kappa shape index (κ1) is 32.1. The Labute approximate surface area is 250 Å². The van der Waals surface area contributed by atoms with Gasteiger partial charge in [0.1, 0.15) is 22.6 Å². The summed E-state index contributed by atoms with van der Waals surface area (Å²) in [6, 6.07) is 4.54. The van der Waals surface area contributed by atoms with Crippen LogP contribution < -0.4 is 10.3 Å². The van der Waals surface area contributed by atoms with E-state index in [9.17, 15) is 28.1 Å². The Morgan fingerprint density at radius 1 is 1.16 bits per heavy atom. The molecular weight excluding hydrogens is 578 g/mol. The molecule has 234 valence electrons. The number of benzene rings is 1. The number of hydrogen-bond acceptors (Lipinski definition) is 9. The molecule has 1 aliphatic heterocycles. The molecule has 3 heterocycles. The molecular formula is C29H39N5O8S. The van der Waals surface area contributed by atoms with E-state index >= 15 is 0 Å². The third kappa shape index (κ3) is 6.74. The zero-order valence-electron chi connectivity index (χ0n) is 25.1. The van der Waals surface area contributed by atoms with Crippen LogP contribution >= 0.6 is 0 Å². The van der Waals surface area contributed by atoms with Crippen molar-refractivity contribution in [2.75, 3.05) is 26.3 Å². The predicted octanol–water partition coefficient (Wildman–Crippen LogP) is 4.35. The zero-order valence-corrected chi connectivity index (χ0v) is 25.9. The monoisotopic (exact) mass is 617 g/mol. The molecule has 1 fully saturated rings. The van der Waals surface area contributed by atoms with E-state index < -0.39 is 20.7 Å². The molecule has 43 heavy (non-hydrogen) atoms. The van der Waals surface area contributed by atoms with Gasteiger partial charge >= 0.3 is 0 Å². The Kier molecular flexibility index (Phi) is 10.2. The van der Waals surface area contributed by atoms with Crippen LogP contribution in [0.1, 0.15) is 75.9 Å². The van der Waals surface area contributed by atoms with Crippen molar-refractivity contribution in [2.24, 2.45) is 5.92 Å². The van der Waals surface area contributed by atoms with E-state index in [1.807, 2.05) is 20.8 Å². The van der Waals surface area contributed by atoms with E-state index in [0.29, 0.717) is 78.9 Å². The van der Waals surface area contributed by atoms with Gasteiger partial charge in [0.15, 0.2) is 5.78 Å². The van der Waals surface area contributed by atoms with Gasteiger partial charge in [-0.2, -0.15) is 4.31 Å². The van der Waals surface area contributed by atoms with Crippen molar-refractivity contribution in [3.63, 3.8) is 0 Å². The van der Waals surface area contributed by atoms with Crippen molar-refractivity contribution < 1.29 is 27.9 Å². The number of fused-ring (bicyclic) bond motifs is 1. The highest BCUT2D eigenvalue weighted by Gasteiger charge is 2.31. The smallest absolute Gasteiger partial charge is 0.294 e. The molecule has 0 saturated carbocycles. The zero-order chi connectivity index (χ0) is 31.3. The number of H-pyrrole nitrogens is 1. The third-order valence-electron chi connectivity index (χ3n) is 7.76. The second kappa shape index (κ2) is 13.7. The molecule has 1 aromatic carbocycles. The molecule has 3 aromatic rings. The summed E-state index contributed by atoms with van der Waals surface area (Å²) in [5.41, 5.74) is 1.80. The third-order valence-corrected chi connectivity index (χ3v) is 9.65. The molecule has 2 aromatic heterocycles. The van der Waals surface area contributed by atoms with Crippen LogP contribution in [0, 0.1) is 16.0 Å². The summed E-state index contributed by atoms with van der Waals surface area (Å²) < 4.78 is 36.5. The average Bonchev–Trinajstić information content (AvgIpc) is 3.30. The van der Waals surface area contributed by atoms with E-state index in [1.54, 1.807) is 10.6 Å². The van der Waals surface area contributed by atoms with Gasteiger partial charge < -0.3 is 19.1 Å². The number of aromatic amines is 1. The topological polar surface area (TPSA) is 167 Å². The maximum Gasteiger partial charge on any atom is 0.294 e. The number of rotatable bonds is 14. The van der Waals surface area contributed by atoms with E-state index in [-0.39, 0.29) is 42.1 Å². The number of nitrogens with one attached hydrogen (secondary N) is 1. The first-order valence-corrected chi connectivity index (χ1v) is 16.2. The summed E-state index contributed by atoms with van der Waals surface area (Å²) in [5.74, 6) is 0.510. The van der Waals surface area contributed by atoms with Crippen molar-refractivity contribution in [1.29, 1.82) is 0 Å². The SMILES string of the molecule is CCCOc1ccc(S(=O)(=O)N2CCC(CCO[N+](=O)[O-])CC2)cc1-c1nc2c(CCC)c(C(C)=O)n(CC)c2c(=O)[nH]1. The number of aromatic nitrogens is 3.